The second-order valence-corrected chi connectivity index (χ2v) is 8.68. The van der Waals surface area contributed by atoms with Gasteiger partial charge in [-0.25, -0.2) is 0 Å². The van der Waals surface area contributed by atoms with Crippen LogP contribution in [0.5, 0.6) is 11.5 Å². The van der Waals surface area contributed by atoms with Gasteiger partial charge in [0, 0.05) is 26.2 Å². The quantitative estimate of drug-likeness (QED) is 0.479. The molecule has 2 saturated heterocycles. The predicted molar refractivity (Wildman–Crippen MR) is 135 cm³/mol. The second-order valence-electron chi connectivity index (χ2n) is 8.68. The summed E-state index contributed by atoms with van der Waals surface area (Å²) in [4.78, 5) is 4.89. The topological polar surface area (TPSA) is 24.9 Å². The number of benzene rings is 2. The fourth-order valence-corrected chi connectivity index (χ4v) is 4.96. The summed E-state index contributed by atoms with van der Waals surface area (Å²) in [5, 5.41) is 0. The number of methoxy groups -OCH3 is 2. The molecule has 0 spiro atoms. The molecule has 2 aliphatic rings. The van der Waals surface area contributed by atoms with E-state index in [1.165, 1.54) is 49.9 Å². The Balaban J connectivity index is 1.67. The molecular weight excluding hydrogens is 396 g/mol. The summed E-state index contributed by atoms with van der Waals surface area (Å²) in [6.07, 6.45) is 11.5. The second kappa shape index (κ2) is 10.6. The average Bonchev–Trinajstić information content (AvgIpc) is 2.87. The summed E-state index contributed by atoms with van der Waals surface area (Å²) in [6, 6.07) is 13.1. The molecule has 0 aliphatic carbocycles. The number of nitrogens with zero attached hydrogens (tertiary/aromatic N) is 2. The SMILES string of the molecule is C=CC=C(c1ccc(N2CCCCC2)c(OC)c1)c1ccc(N2CCCCC2)c(OC)c1. The molecule has 0 N–H and O–H groups in total. The molecule has 0 aromatic heterocycles. The molecule has 2 aliphatic heterocycles. The Kier molecular flexibility index (Phi) is 7.41. The Labute approximate surface area is 193 Å². The van der Waals surface area contributed by atoms with Crippen molar-refractivity contribution in [2.75, 3.05) is 50.2 Å². The average molecular weight is 433 g/mol. The highest BCUT2D eigenvalue weighted by atomic mass is 16.5. The molecule has 0 amide bonds. The first-order valence-corrected chi connectivity index (χ1v) is 11.9. The normalized spacial score (nSPS) is 16.4. The van der Waals surface area contributed by atoms with Crippen LogP contribution in [-0.2, 0) is 0 Å². The first-order valence-electron chi connectivity index (χ1n) is 11.9. The van der Waals surface area contributed by atoms with E-state index in [1.807, 2.05) is 6.08 Å². The van der Waals surface area contributed by atoms with Crippen molar-refractivity contribution in [3.63, 3.8) is 0 Å². The van der Waals surface area contributed by atoms with E-state index in [0.29, 0.717) is 0 Å². The Morgan fingerprint density at radius 3 is 1.53 bits per heavy atom. The molecule has 0 atom stereocenters. The lowest BCUT2D eigenvalue weighted by Gasteiger charge is -2.31. The van der Waals surface area contributed by atoms with Crippen LogP contribution in [0.1, 0.15) is 49.7 Å². The zero-order chi connectivity index (χ0) is 22.3. The number of piperidine rings is 2. The van der Waals surface area contributed by atoms with Crippen molar-refractivity contribution in [3.8, 4) is 11.5 Å². The van der Waals surface area contributed by atoms with E-state index >= 15 is 0 Å². The lowest BCUT2D eigenvalue weighted by atomic mass is 9.95. The van der Waals surface area contributed by atoms with Gasteiger partial charge in [-0.05, 0) is 79.5 Å². The maximum absolute atomic E-state index is 5.82. The summed E-state index contributed by atoms with van der Waals surface area (Å²) in [6.45, 7) is 8.35. The van der Waals surface area contributed by atoms with E-state index in [0.717, 1.165) is 54.4 Å². The summed E-state index contributed by atoms with van der Waals surface area (Å²) < 4.78 is 11.6. The van der Waals surface area contributed by atoms with Crippen molar-refractivity contribution in [1.82, 2.24) is 0 Å². The van der Waals surface area contributed by atoms with Gasteiger partial charge < -0.3 is 19.3 Å². The van der Waals surface area contributed by atoms with Crippen LogP contribution < -0.4 is 19.3 Å². The molecule has 0 saturated carbocycles. The van der Waals surface area contributed by atoms with Gasteiger partial charge in [-0.15, -0.1) is 0 Å². The van der Waals surface area contributed by atoms with Crippen LogP contribution >= 0.6 is 0 Å². The molecule has 2 aromatic rings. The van der Waals surface area contributed by atoms with E-state index in [4.69, 9.17) is 9.47 Å². The molecule has 32 heavy (non-hydrogen) atoms. The number of hydrogen-bond donors (Lipinski definition) is 0. The molecule has 2 aromatic carbocycles. The smallest absolute Gasteiger partial charge is 0.142 e. The van der Waals surface area contributed by atoms with Crippen LogP contribution in [0.3, 0.4) is 0 Å². The molecule has 4 rings (SSSR count). The van der Waals surface area contributed by atoms with Crippen molar-refractivity contribution in [1.29, 1.82) is 0 Å². The van der Waals surface area contributed by atoms with E-state index in [9.17, 15) is 0 Å². The Bertz CT molecular complexity index is 882. The summed E-state index contributed by atoms with van der Waals surface area (Å²) in [7, 11) is 3.53. The van der Waals surface area contributed by atoms with E-state index in [1.54, 1.807) is 14.2 Å². The van der Waals surface area contributed by atoms with Gasteiger partial charge in [-0.3, -0.25) is 0 Å². The van der Waals surface area contributed by atoms with Gasteiger partial charge >= 0.3 is 0 Å². The highest BCUT2D eigenvalue weighted by Crippen LogP contribution is 2.38. The molecule has 170 valence electrons. The van der Waals surface area contributed by atoms with Crippen LogP contribution in [0, 0.1) is 0 Å². The van der Waals surface area contributed by atoms with Gasteiger partial charge in [0.05, 0.1) is 25.6 Å². The maximum atomic E-state index is 5.82. The summed E-state index contributed by atoms with van der Waals surface area (Å²) >= 11 is 0. The Hall–Kier alpha value is -2.88. The Morgan fingerprint density at radius 2 is 1.16 bits per heavy atom. The minimum absolute atomic E-state index is 0.927. The molecule has 2 heterocycles. The van der Waals surface area contributed by atoms with E-state index in [2.05, 4.69) is 58.9 Å². The van der Waals surface area contributed by atoms with Crippen molar-refractivity contribution in [2.24, 2.45) is 0 Å². The van der Waals surface area contributed by atoms with E-state index in [-0.39, 0.29) is 0 Å². The van der Waals surface area contributed by atoms with Crippen LogP contribution in [0.4, 0.5) is 11.4 Å². The standard InChI is InChI=1S/C28H36N2O2/c1-4-11-24(22-12-14-25(27(20-22)31-2)29-16-7-5-8-17-29)23-13-15-26(28(21-23)32-3)30-18-9-6-10-19-30/h4,11-15,20-21H,1,5-10,16-19H2,2-3H3. The predicted octanol–water partition coefficient (Wildman–Crippen LogP) is 6.30. The summed E-state index contributed by atoms with van der Waals surface area (Å²) in [5.41, 5.74) is 5.73. The minimum atomic E-state index is 0.927. The minimum Gasteiger partial charge on any atom is -0.495 e. The largest absolute Gasteiger partial charge is 0.495 e. The molecule has 0 bridgehead atoms. The molecule has 4 nitrogen and oxygen atoms in total. The number of ether oxygens (including phenoxy) is 2. The first-order chi connectivity index (χ1) is 15.7. The molecule has 0 radical (unpaired) electrons. The van der Waals surface area contributed by atoms with Gasteiger partial charge in [0.25, 0.3) is 0 Å². The zero-order valence-corrected chi connectivity index (χ0v) is 19.6. The fourth-order valence-electron chi connectivity index (χ4n) is 4.96. The Morgan fingerprint density at radius 1 is 0.719 bits per heavy atom. The van der Waals surface area contributed by atoms with Crippen molar-refractivity contribution < 1.29 is 9.47 Å². The zero-order valence-electron chi connectivity index (χ0n) is 19.6. The first kappa shape index (κ1) is 22.3. The van der Waals surface area contributed by atoms with Crippen LogP contribution in [0.25, 0.3) is 5.57 Å². The third-order valence-electron chi connectivity index (χ3n) is 6.66. The number of allylic oxidation sites excluding steroid dienone is 2. The van der Waals surface area contributed by atoms with Crippen LogP contribution in [0.15, 0.2) is 55.1 Å². The van der Waals surface area contributed by atoms with Crippen molar-refractivity contribution >= 4 is 16.9 Å². The van der Waals surface area contributed by atoms with E-state index < -0.39 is 0 Å². The third kappa shape index (κ3) is 4.79. The highest BCUT2D eigenvalue weighted by molar-refractivity contribution is 5.84. The van der Waals surface area contributed by atoms with Crippen LogP contribution in [-0.4, -0.2) is 40.4 Å². The summed E-state index contributed by atoms with van der Waals surface area (Å²) in [5.74, 6) is 1.85. The number of rotatable bonds is 7. The maximum Gasteiger partial charge on any atom is 0.142 e. The van der Waals surface area contributed by atoms with Crippen molar-refractivity contribution in [2.45, 2.75) is 38.5 Å². The lowest BCUT2D eigenvalue weighted by Crippen LogP contribution is -2.29. The number of hydrogen-bond acceptors (Lipinski definition) is 4. The monoisotopic (exact) mass is 432 g/mol. The molecule has 0 unspecified atom stereocenters. The number of anilines is 2. The highest BCUT2D eigenvalue weighted by Gasteiger charge is 2.19. The van der Waals surface area contributed by atoms with Gasteiger partial charge in [0.15, 0.2) is 0 Å². The van der Waals surface area contributed by atoms with Crippen LogP contribution in [0.2, 0.25) is 0 Å². The molecule has 2 fully saturated rings. The lowest BCUT2D eigenvalue weighted by molar-refractivity contribution is 0.412. The molecule has 4 heteroatoms. The van der Waals surface area contributed by atoms with Gasteiger partial charge in [-0.1, -0.05) is 30.9 Å². The van der Waals surface area contributed by atoms with Gasteiger partial charge in [0.2, 0.25) is 0 Å². The fraction of sp³-hybridized carbons (Fsp3) is 0.429. The van der Waals surface area contributed by atoms with Gasteiger partial charge in [0.1, 0.15) is 11.5 Å². The van der Waals surface area contributed by atoms with Gasteiger partial charge in [-0.2, -0.15) is 0 Å². The third-order valence-corrected chi connectivity index (χ3v) is 6.66. The van der Waals surface area contributed by atoms with Crippen molar-refractivity contribution in [3.05, 3.63) is 66.3 Å². The molecular formula is C28H36N2O2.